The van der Waals surface area contributed by atoms with E-state index in [-0.39, 0.29) is 17.5 Å². The predicted molar refractivity (Wildman–Crippen MR) is 60.9 cm³/mol. The van der Waals surface area contributed by atoms with Crippen LogP contribution in [-0.4, -0.2) is 5.78 Å². The Labute approximate surface area is 92.4 Å². The number of ketones is 1. The first kappa shape index (κ1) is 10.4. The Kier molecular flexibility index (Phi) is 2.91. The zero-order valence-corrected chi connectivity index (χ0v) is 9.18. The minimum absolute atomic E-state index is 0.0602. The molecule has 1 unspecified atom stereocenters. The zero-order valence-electron chi connectivity index (χ0n) is 8.37. The fourth-order valence-corrected chi connectivity index (χ4v) is 2.58. The van der Waals surface area contributed by atoms with Gasteiger partial charge in [0.2, 0.25) is 0 Å². The molecule has 0 amide bonds. The van der Waals surface area contributed by atoms with Gasteiger partial charge < -0.3 is 0 Å². The van der Waals surface area contributed by atoms with Crippen LogP contribution in [0.4, 0.5) is 4.39 Å². The van der Waals surface area contributed by atoms with Gasteiger partial charge in [-0.05, 0) is 41.4 Å². The number of Topliss-reactive ketones (excluding diaryl/α,β-unsaturated/α-hetero) is 1. The highest BCUT2D eigenvalue weighted by Gasteiger charge is 2.22. The SMILES string of the molecule is CC(=O)C1C=CC(F)=C/C1=C1/CC=CS1. The Morgan fingerprint density at radius 2 is 2.40 bits per heavy atom. The van der Waals surface area contributed by atoms with Crippen LogP contribution in [0, 0.1) is 5.92 Å². The van der Waals surface area contributed by atoms with E-state index in [2.05, 4.69) is 0 Å². The second-order valence-corrected chi connectivity index (χ2v) is 4.55. The monoisotopic (exact) mass is 222 g/mol. The number of thioether (sulfide) groups is 1. The first-order valence-electron chi connectivity index (χ1n) is 4.79. The molecule has 0 aromatic carbocycles. The predicted octanol–water partition coefficient (Wildman–Crippen LogP) is 3.52. The van der Waals surface area contributed by atoms with Gasteiger partial charge in [-0.25, -0.2) is 4.39 Å². The summed E-state index contributed by atoms with van der Waals surface area (Å²) in [7, 11) is 0. The highest BCUT2D eigenvalue weighted by Crippen LogP contribution is 2.37. The lowest BCUT2D eigenvalue weighted by molar-refractivity contribution is -0.118. The number of halogens is 1. The molecule has 0 saturated heterocycles. The molecule has 0 spiro atoms. The fourth-order valence-electron chi connectivity index (χ4n) is 1.71. The lowest BCUT2D eigenvalue weighted by atomic mass is 9.90. The topological polar surface area (TPSA) is 17.1 Å². The van der Waals surface area contributed by atoms with Crippen molar-refractivity contribution in [2.45, 2.75) is 13.3 Å². The molecular weight excluding hydrogens is 211 g/mol. The quantitative estimate of drug-likeness (QED) is 0.675. The Morgan fingerprint density at radius 3 is 3.00 bits per heavy atom. The third kappa shape index (κ3) is 2.12. The Bertz CT molecular complexity index is 405. The number of carbonyl (C=O) groups is 1. The van der Waals surface area contributed by atoms with Gasteiger partial charge in [0.15, 0.2) is 0 Å². The zero-order chi connectivity index (χ0) is 10.8. The van der Waals surface area contributed by atoms with Crippen molar-refractivity contribution in [1.29, 1.82) is 0 Å². The Balaban J connectivity index is 2.38. The van der Waals surface area contributed by atoms with Gasteiger partial charge >= 0.3 is 0 Å². The average molecular weight is 222 g/mol. The summed E-state index contributed by atoms with van der Waals surface area (Å²) in [5.74, 6) is -0.487. The summed E-state index contributed by atoms with van der Waals surface area (Å²) in [5, 5.41) is 1.98. The molecule has 78 valence electrons. The minimum atomic E-state index is -0.275. The number of rotatable bonds is 1. The molecule has 0 N–H and O–H groups in total. The van der Waals surface area contributed by atoms with E-state index in [1.54, 1.807) is 24.8 Å². The van der Waals surface area contributed by atoms with Crippen molar-refractivity contribution in [2.75, 3.05) is 0 Å². The van der Waals surface area contributed by atoms with Gasteiger partial charge in [-0.1, -0.05) is 12.2 Å². The molecule has 0 fully saturated rings. The van der Waals surface area contributed by atoms with Gasteiger partial charge in [-0.2, -0.15) is 0 Å². The molecule has 0 bridgehead atoms. The lowest BCUT2D eigenvalue weighted by Gasteiger charge is -2.17. The number of hydrogen-bond donors (Lipinski definition) is 0. The normalized spacial score (nSPS) is 29.5. The summed E-state index contributed by atoms with van der Waals surface area (Å²) in [4.78, 5) is 12.5. The van der Waals surface area contributed by atoms with E-state index >= 15 is 0 Å². The summed E-state index contributed by atoms with van der Waals surface area (Å²) in [5.41, 5.74) is 0.817. The molecular formula is C12H11FOS. The van der Waals surface area contributed by atoms with Crippen LogP contribution in [0.15, 0.2) is 46.0 Å². The molecule has 0 saturated carbocycles. The van der Waals surface area contributed by atoms with Gasteiger partial charge in [0.1, 0.15) is 11.6 Å². The average Bonchev–Trinajstić information content (AvgIpc) is 2.69. The van der Waals surface area contributed by atoms with Crippen LogP contribution in [0.1, 0.15) is 13.3 Å². The van der Waals surface area contributed by atoms with E-state index in [9.17, 15) is 9.18 Å². The van der Waals surface area contributed by atoms with Crippen LogP contribution in [0.3, 0.4) is 0 Å². The molecule has 1 nitrogen and oxygen atoms in total. The van der Waals surface area contributed by atoms with Gasteiger partial charge in [-0.15, -0.1) is 11.8 Å². The Morgan fingerprint density at radius 1 is 1.60 bits per heavy atom. The van der Waals surface area contributed by atoms with Crippen LogP contribution in [0.5, 0.6) is 0 Å². The summed E-state index contributed by atoms with van der Waals surface area (Å²) < 4.78 is 13.1. The molecule has 3 heteroatoms. The number of carbonyl (C=O) groups excluding carboxylic acids is 1. The summed E-state index contributed by atoms with van der Waals surface area (Å²) in [6.07, 6.45) is 7.30. The van der Waals surface area contributed by atoms with Crippen LogP contribution in [0.2, 0.25) is 0 Å². The molecule has 0 radical (unpaired) electrons. The molecule has 2 rings (SSSR count). The van der Waals surface area contributed by atoms with Crippen LogP contribution >= 0.6 is 11.8 Å². The third-order valence-electron chi connectivity index (χ3n) is 2.45. The van der Waals surface area contributed by atoms with Gasteiger partial charge in [0, 0.05) is 0 Å². The molecule has 1 aliphatic carbocycles. The first-order valence-corrected chi connectivity index (χ1v) is 5.67. The van der Waals surface area contributed by atoms with E-state index in [0.29, 0.717) is 0 Å². The van der Waals surface area contributed by atoms with Crippen molar-refractivity contribution in [1.82, 2.24) is 0 Å². The molecule has 1 atom stereocenters. The van der Waals surface area contributed by atoms with E-state index in [4.69, 9.17) is 0 Å². The van der Waals surface area contributed by atoms with Crippen molar-refractivity contribution < 1.29 is 9.18 Å². The van der Waals surface area contributed by atoms with Crippen molar-refractivity contribution in [2.24, 2.45) is 5.92 Å². The standard InChI is InChI=1S/C12H11FOS/c1-8(14)10-5-4-9(13)7-11(10)12-3-2-6-15-12/h2,4-7,10H,3H2,1H3/b12-11+. The highest BCUT2D eigenvalue weighted by atomic mass is 32.2. The van der Waals surface area contributed by atoms with Crippen molar-refractivity contribution >= 4 is 17.5 Å². The summed E-state index contributed by atoms with van der Waals surface area (Å²) in [6.45, 7) is 1.54. The maximum atomic E-state index is 13.1. The minimum Gasteiger partial charge on any atom is -0.299 e. The summed E-state index contributed by atoms with van der Waals surface area (Å²) in [6, 6.07) is 0. The molecule has 2 aliphatic rings. The van der Waals surface area contributed by atoms with Gasteiger partial charge in [0.25, 0.3) is 0 Å². The van der Waals surface area contributed by atoms with E-state index in [1.807, 2.05) is 11.5 Å². The first-order chi connectivity index (χ1) is 7.18. The smallest absolute Gasteiger partial charge is 0.141 e. The van der Waals surface area contributed by atoms with E-state index in [0.717, 1.165) is 16.9 Å². The Hall–Kier alpha value is -1.09. The molecule has 0 aromatic rings. The second kappa shape index (κ2) is 4.19. The van der Waals surface area contributed by atoms with Crippen LogP contribution in [0.25, 0.3) is 0 Å². The second-order valence-electron chi connectivity index (χ2n) is 3.55. The van der Waals surface area contributed by atoms with E-state index < -0.39 is 0 Å². The fraction of sp³-hybridized carbons (Fsp3) is 0.250. The lowest BCUT2D eigenvalue weighted by Crippen LogP contribution is -2.13. The van der Waals surface area contributed by atoms with Crippen LogP contribution < -0.4 is 0 Å². The number of allylic oxidation sites excluding steroid dienone is 7. The van der Waals surface area contributed by atoms with Gasteiger partial charge in [-0.3, -0.25) is 4.79 Å². The third-order valence-corrected chi connectivity index (χ3v) is 3.46. The molecule has 0 aromatic heterocycles. The summed E-state index contributed by atoms with van der Waals surface area (Å²) >= 11 is 1.57. The largest absolute Gasteiger partial charge is 0.299 e. The number of hydrogen-bond acceptors (Lipinski definition) is 2. The molecule has 1 aliphatic heterocycles. The van der Waals surface area contributed by atoms with E-state index in [1.165, 1.54) is 12.2 Å². The van der Waals surface area contributed by atoms with Crippen LogP contribution in [-0.2, 0) is 4.79 Å². The van der Waals surface area contributed by atoms with Gasteiger partial charge in [0.05, 0.1) is 5.92 Å². The van der Waals surface area contributed by atoms with Crippen molar-refractivity contribution in [3.63, 3.8) is 0 Å². The molecule has 1 heterocycles. The highest BCUT2D eigenvalue weighted by molar-refractivity contribution is 8.06. The van der Waals surface area contributed by atoms with Crippen molar-refractivity contribution in [3.05, 3.63) is 46.0 Å². The van der Waals surface area contributed by atoms with Crippen molar-refractivity contribution in [3.8, 4) is 0 Å². The maximum Gasteiger partial charge on any atom is 0.141 e. The molecule has 15 heavy (non-hydrogen) atoms. The maximum absolute atomic E-state index is 13.1.